The van der Waals surface area contributed by atoms with E-state index in [1.165, 1.54) is 12.1 Å². The summed E-state index contributed by atoms with van der Waals surface area (Å²) in [5.41, 5.74) is 5.18. The van der Waals surface area contributed by atoms with Gasteiger partial charge in [-0.15, -0.1) is 0 Å². The molecule has 7 heteroatoms. The number of hydrogen-bond acceptors (Lipinski definition) is 3. The molecule has 0 unspecified atom stereocenters. The molecule has 1 aliphatic heterocycles. The minimum Gasteiger partial charge on any atom is -0.506 e. The highest BCUT2D eigenvalue weighted by atomic mass is 32.1. The average molecular weight is 459 g/mol. The molecule has 166 valence electrons. The van der Waals surface area contributed by atoms with Crippen LogP contribution in [-0.2, 0) is 0 Å². The van der Waals surface area contributed by atoms with E-state index in [4.69, 9.17) is 12.2 Å². The van der Waals surface area contributed by atoms with Crippen LogP contribution in [0.15, 0.2) is 79.0 Å². The Morgan fingerprint density at radius 3 is 2.52 bits per heavy atom. The van der Waals surface area contributed by atoms with Crippen molar-refractivity contribution in [2.45, 2.75) is 25.9 Å². The van der Waals surface area contributed by atoms with E-state index in [9.17, 15) is 9.50 Å². The van der Waals surface area contributed by atoms with Gasteiger partial charge in [0.15, 0.2) is 5.11 Å². The van der Waals surface area contributed by atoms with Gasteiger partial charge in [0.25, 0.3) is 0 Å². The number of benzene rings is 2. The summed E-state index contributed by atoms with van der Waals surface area (Å²) in [5.74, 6) is -0.139. The number of halogens is 1. The summed E-state index contributed by atoms with van der Waals surface area (Å²) in [7, 11) is 0. The third kappa shape index (κ3) is 3.64. The van der Waals surface area contributed by atoms with Crippen LogP contribution in [0.25, 0.3) is 5.69 Å². The van der Waals surface area contributed by atoms with Crippen LogP contribution < -0.4 is 10.2 Å². The third-order valence-corrected chi connectivity index (χ3v) is 6.41. The van der Waals surface area contributed by atoms with E-state index in [2.05, 4.69) is 16.4 Å². The Morgan fingerprint density at radius 2 is 1.79 bits per heavy atom. The molecule has 0 bridgehead atoms. The lowest BCUT2D eigenvalue weighted by atomic mass is 9.96. The zero-order valence-electron chi connectivity index (χ0n) is 18.2. The first kappa shape index (κ1) is 21.2. The number of phenols is 1. The summed E-state index contributed by atoms with van der Waals surface area (Å²) in [5, 5.41) is 14.6. The van der Waals surface area contributed by atoms with Crippen molar-refractivity contribution in [3.63, 3.8) is 0 Å². The molecule has 1 fully saturated rings. The van der Waals surface area contributed by atoms with Gasteiger partial charge in [-0.25, -0.2) is 4.39 Å². The molecule has 5 nitrogen and oxygen atoms in total. The second-order valence-electron chi connectivity index (χ2n) is 8.13. The van der Waals surface area contributed by atoms with Crippen molar-refractivity contribution in [2.24, 2.45) is 0 Å². The lowest BCUT2D eigenvalue weighted by Crippen LogP contribution is -2.29. The van der Waals surface area contributed by atoms with Crippen LogP contribution in [0.4, 0.5) is 10.1 Å². The summed E-state index contributed by atoms with van der Waals surface area (Å²) in [6.07, 6.45) is 1.76. The van der Waals surface area contributed by atoms with Gasteiger partial charge in [0.1, 0.15) is 11.6 Å². The van der Waals surface area contributed by atoms with Crippen LogP contribution in [0.3, 0.4) is 0 Å². The molecule has 2 aromatic heterocycles. The molecule has 1 aliphatic rings. The van der Waals surface area contributed by atoms with E-state index >= 15 is 0 Å². The maximum atomic E-state index is 14.0. The monoisotopic (exact) mass is 458 g/mol. The van der Waals surface area contributed by atoms with Gasteiger partial charge >= 0.3 is 0 Å². The van der Waals surface area contributed by atoms with Crippen molar-refractivity contribution >= 4 is 23.0 Å². The maximum Gasteiger partial charge on any atom is 0.174 e. The van der Waals surface area contributed by atoms with Gasteiger partial charge in [-0.1, -0.05) is 24.3 Å². The summed E-state index contributed by atoms with van der Waals surface area (Å²) in [4.78, 5) is 6.53. The number of nitrogens with zero attached hydrogens (tertiary/aromatic N) is 3. The van der Waals surface area contributed by atoms with Gasteiger partial charge in [-0.05, 0) is 80.2 Å². The number of para-hydroxylation sites is 2. The van der Waals surface area contributed by atoms with Crippen molar-refractivity contribution in [1.82, 2.24) is 14.9 Å². The summed E-state index contributed by atoms with van der Waals surface area (Å²) in [6, 6.07) is 21.1. The summed E-state index contributed by atoms with van der Waals surface area (Å²) in [6.45, 7) is 4.02. The Morgan fingerprint density at radius 1 is 1.00 bits per heavy atom. The van der Waals surface area contributed by atoms with Crippen molar-refractivity contribution in [3.8, 4) is 11.4 Å². The van der Waals surface area contributed by atoms with Gasteiger partial charge in [0.05, 0.1) is 23.5 Å². The minimum atomic E-state index is -0.285. The quantitative estimate of drug-likeness (QED) is 0.395. The van der Waals surface area contributed by atoms with Crippen LogP contribution in [0.1, 0.15) is 34.7 Å². The van der Waals surface area contributed by atoms with Gasteiger partial charge in [0, 0.05) is 23.3 Å². The Balaban J connectivity index is 1.70. The second kappa shape index (κ2) is 8.33. The first-order valence-corrected chi connectivity index (χ1v) is 11.1. The third-order valence-electron chi connectivity index (χ3n) is 6.09. The molecule has 0 aliphatic carbocycles. The minimum absolute atomic E-state index is 0.146. The number of anilines is 1. The standard InChI is InChI=1S/C26H23FN4OS/c1-16-14-20(17(2)30(16)19-9-7-8-18(27)15-19)25-24(21-10-5-6-13-28-21)29-26(33)31(25)22-11-3-4-12-23(22)32/h3-15,24-25,32H,1-2H3,(H,29,33)/t24-,25-/m1/s1. The summed E-state index contributed by atoms with van der Waals surface area (Å²) < 4.78 is 16.0. The van der Waals surface area contributed by atoms with Crippen LogP contribution >= 0.6 is 12.2 Å². The molecular formula is C26H23FN4OS. The van der Waals surface area contributed by atoms with Crippen LogP contribution in [0, 0.1) is 19.7 Å². The van der Waals surface area contributed by atoms with Gasteiger partial charge in [0.2, 0.25) is 0 Å². The molecule has 0 spiro atoms. The molecule has 0 radical (unpaired) electrons. The molecule has 5 rings (SSSR count). The highest BCUT2D eigenvalue weighted by molar-refractivity contribution is 7.80. The molecule has 1 saturated heterocycles. The number of aryl methyl sites for hydroxylation is 1. The van der Waals surface area contributed by atoms with E-state index in [-0.39, 0.29) is 23.7 Å². The zero-order valence-corrected chi connectivity index (χ0v) is 19.1. The van der Waals surface area contributed by atoms with Crippen LogP contribution in [-0.4, -0.2) is 19.8 Å². The van der Waals surface area contributed by atoms with Gasteiger partial charge in [-0.3, -0.25) is 4.98 Å². The Bertz CT molecular complexity index is 1340. The lowest BCUT2D eigenvalue weighted by molar-refractivity contribution is 0.472. The number of hydrogen-bond donors (Lipinski definition) is 2. The summed E-state index contributed by atoms with van der Waals surface area (Å²) >= 11 is 5.75. The first-order chi connectivity index (χ1) is 16.0. The van der Waals surface area contributed by atoms with Crippen molar-refractivity contribution < 1.29 is 9.50 Å². The molecule has 2 N–H and O–H groups in total. The predicted octanol–water partition coefficient (Wildman–Crippen LogP) is 5.51. The first-order valence-electron chi connectivity index (χ1n) is 10.7. The number of phenolic OH excluding ortho intramolecular Hbond substituents is 1. The maximum absolute atomic E-state index is 14.0. The second-order valence-corrected chi connectivity index (χ2v) is 8.51. The normalized spacial score (nSPS) is 17.9. The van der Waals surface area contributed by atoms with Crippen molar-refractivity contribution in [3.05, 3.63) is 107 Å². The number of thiocarbonyl (C=S) groups is 1. The Hall–Kier alpha value is -3.71. The average Bonchev–Trinajstić information content (AvgIpc) is 3.30. The number of nitrogens with one attached hydrogen (secondary N) is 1. The molecule has 2 aromatic carbocycles. The predicted molar refractivity (Wildman–Crippen MR) is 131 cm³/mol. The largest absolute Gasteiger partial charge is 0.506 e. The smallest absolute Gasteiger partial charge is 0.174 e. The topological polar surface area (TPSA) is 53.3 Å². The fourth-order valence-corrected chi connectivity index (χ4v) is 5.04. The van der Waals surface area contributed by atoms with E-state index in [1.807, 2.05) is 59.7 Å². The highest BCUT2D eigenvalue weighted by Crippen LogP contribution is 2.45. The molecular weight excluding hydrogens is 435 g/mol. The van der Waals surface area contributed by atoms with E-state index < -0.39 is 0 Å². The number of pyridine rings is 1. The number of rotatable bonds is 4. The van der Waals surface area contributed by atoms with Gasteiger partial charge < -0.3 is 19.9 Å². The molecule has 2 atom stereocenters. The molecule has 0 saturated carbocycles. The highest BCUT2D eigenvalue weighted by Gasteiger charge is 2.43. The molecule has 4 aromatic rings. The van der Waals surface area contributed by atoms with Crippen LogP contribution in [0.5, 0.6) is 5.75 Å². The van der Waals surface area contributed by atoms with Crippen molar-refractivity contribution in [1.29, 1.82) is 0 Å². The SMILES string of the molecule is Cc1cc([C@@H]2[C@@H](c3ccccn3)NC(=S)N2c2ccccc2O)c(C)n1-c1cccc(F)c1. The zero-order chi connectivity index (χ0) is 23.1. The lowest BCUT2D eigenvalue weighted by Gasteiger charge is -2.28. The Kier molecular flexibility index (Phi) is 5.34. The van der Waals surface area contributed by atoms with E-state index in [1.54, 1.807) is 24.4 Å². The van der Waals surface area contributed by atoms with E-state index in [0.29, 0.717) is 10.8 Å². The molecule has 0 amide bonds. The number of aromatic nitrogens is 2. The number of aromatic hydroxyl groups is 1. The fraction of sp³-hybridized carbons (Fsp3) is 0.154. The van der Waals surface area contributed by atoms with Crippen molar-refractivity contribution in [2.75, 3.05) is 4.90 Å². The molecule has 33 heavy (non-hydrogen) atoms. The van der Waals surface area contributed by atoms with Crippen LogP contribution in [0.2, 0.25) is 0 Å². The molecule has 3 heterocycles. The van der Waals surface area contributed by atoms with E-state index in [0.717, 1.165) is 28.3 Å². The van der Waals surface area contributed by atoms with Gasteiger partial charge in [-0.2, -0.15) is 0 Å². The Labute approximate surface area is 197 Å². The fourth-order valence-electron chi connectivity index (χ4n) is 4.70.